The number of hydrogen-bond acceptors (Lipinski definition) is 7. The minimum Gasteiger partial charge on any atom is -0.507 e. The van der Waals surface area contributed by atoms with Gasteiger partial charge in [0.15, 0.2) is 4.34 Å². The highest BCUT2D eigenvalue weighted by Gasteiger charge is 2.48. The first-order valence-corrected chi connectivity index (χ1v) is 12.5. The average Bonchev–Trinajstić information content (AvgIpc) is 3.46. The van der Waals surface area contributed by atoms with E-state index in [1.807, 2.05) is 18.2 Å². The fraction of sp³-hybridized carbons (Fsp3) is 0.0769. The van der Waals surface area contributed by atoms with E-state index in [1.54, 1.807) is 54.6 Å². The van der Waals surface area contributed by atoms with Gasteiger partial charge in [0.2, 0.25) is 5.13 Å². The van der Waals surface area contributed by atoms with E-state index >= 15 is 0 Å². The molecule has 5 rings (SSSR count). The number of aliphatic hydroxyl groups excluding tert-OH is 1. The minimum atomic E-state index is -0.848. The summed E-state index contributed by atoms with van der Waals surface area (Å²) in [5, 5.41) is 19.7. The number of anilines is 1. The Morgan fingerprint density at radius 2 is 1.60 bits per heavy atom. The molecule has 2 heterocycles. The molecule has 0 radical (unpaired) electrons. The van der Waals surface area contributed by atoms with Crippen LogP contribution in [0.2, 0.25) is 0 Å². The molecular formula is C26H18FN3O3S2. The van der Waals surface area contributed by atoms with Crippen molar-refractivity contribution in [3.8, 4) is 0 Å². The van der Waals surface area contributed by atoms with Crippen LogP contribution in [-0.2, 0) is 15.3 Å². The molecular weight excluding hydrogens is 485 g/mol. The Hall–Kier alpha value is -3.82. The second-order valence-corrected chi connectivity index (χ2v) is 9.89. The molecule has 3 aromatic carbocycles. The van der Waals surface area contributed by atoms with Gasteiger partial charge < -0.3 is 5.11 Å². The van der Waals surface area contributed by atoms with Gasteiger partial charge in [0, 0.05) is 11.3 Å². The Morgan fingerprint density at radius 3 is 2.29 bits per heavy atom. The number of carbonyl (C=O) groups excluding carboxylic acids is 2. The molecule has 1 aliphatic heterocycles. The molecule has 0 spiro atoms. The lowest BCUT2D eigenvalue weighted by atomic mass is 9.95. The van der Waals surface area contributed by atoms with Gasteiger partial charge in [-0.25, -0.2) is 4.39 Å². The lowest BCUT2D eigenvalue weighted by Crippen LogP contribution is -2.29. The van der Waals surface area contributed by atoms with Crippen LogP contribution in [0.25, 0.3) is 5.76 Å². The van der Waals surface area contributed by atoms with Gasteiger partial charge in [0.05, 0.1) is 11.6 Å². The van der Waals surface area contributed by atoms with Crippen molar-refractivity contribution in [1.82, 2.24) is 10.2 Å². The molecule has 0 saturated carbocycles. The standard InChI is InChI=1S/C26H18FN3O3S2/c27-19-13-11-16(12-14-19)15-34-26-29-28-25(35-26)30-21(17-7-3-1-4-8-17)20(23(32)24(30)33)22(31)18-9-5-2-6-10-18/h1-14,21,31H,15H2/b22-20+. The molecule has 1 N–H and O–H groups in total. The van der Waals surface area contributed by atoms with E-state index < -0.39 is 17.7 Å². The summed E-state index contributed by atoms with van der Waals surface area (Å²) in [4.78, 5) is 27.6. The van der Waals surface area contributed by atoms with Crippen LogP contribution in [0.4, 0.5) is 9.52 Å². The van der Waals surface area contributed by atoms with Crippen molar-refractivity contribution >= 4 is 45.7 Å². The highest BCUT2D eigenvalue weighted by Crippen LogP contribution is 2.43. The Labute approximate surface area is 208 Å². The van der Waals surface area contributed by atoms with Gasteiger partial charge >= 0.3 is 5.91 Å². The SMILES string of the molecule is O=C1C(=O)N(c2nnc(SCc3ccc(F)cc3)s2)C(c2ccccc2)/C1=C(\O)c1ccccc1. The summed E-state index contributed by atoms with van der Waals surface area (Å²) in [5.41, 5.74) is 2.03. The van der Waals surface area contributed by atoms with Crippen LogP contribution in [0.1, 0.15) is 22.7 Å². The molecule has 1 saturated heterocycles. The van der Waals surface area contributed by atoms with Gasteiger partial charge in [-0.15, -0.1) is 10.2 Å². The van der Waals surface area contributed by atoms with Crippen LogP contribution in [0.3, 0.4) is 0 Å². The van der Waals surface area contributed by atoms with E-state index in [0.29, 0.717) is 21.2 Å². The highest BCUT2D eigenvalue weighted by molar-refractivity contribution is 8.00. The van der Waals surface area contributed by atoms with E-state index in [4.69, 9.17) is 0 Å². The van der Waals surface area contributed by atoms with Crippen molar-refractivity contribution in [2.24, 2.45) is 0 Å². The summed E-state index contributed by atoms with van der Waals surface area (Å²) in [6.07, 6.45) is 0. The lowest BCUT2D eigenvalue weighted by Gasteiger charge is -2.22. The first-order chi connectivity index (χ1) is 17.0. The van der Waals surface area contributed by atoms with E-state index in [-0.39, 0.29) is 22.3 Å². The number of nitrogens with zero attached hydrogens (tertiary/aromatic N) is 3. The molecule has 0 bridgehead atoms. The van der Waals surface area contributed by atoms with Crippen molar-refractivity contribution in [3.63, 3.8) is 0 Å². The molecule has 1 aliphatic rings. The van der Waals surface area contributed by atoms with Crippen molar-refractivity contribution in [2.45, 2.75) is 16.1 Å². The van der Waals surface area contributed by atoms with Crippen LogP contribution in [0, 0.1) is 5.82 Å². The van der Waals surface area contributed by atoms with E-state index in [1.165, 1.54) is 40.1 Å². The number of Topliss-reactive ketones (excluding diaryl/α,β-unsaturated/α-hetero) is 1. The van der Waals surface area contributed by atoms with E-state index in [2.05, 4.69) is 10.2 Å². The number of aromatic nitrogens is 2. The van der Waals surface area contributed by atoms with Gasteiger partial charge in [-0.05, 0) is 23.3 Å². The molecule has 35 heavy (non-hydrogen) atoms. The summed E-state index contributed by atoms with van der Waals surface area (Å²) < 4.78 is 13.8. The van der Waals surface area contributed by atoms with E-state index in [9.17, 15) is 19.1 Å². The number of benzene rings is 3. The van der Waals surface area contributed by atoms with Crippen LogP contribution in [0.15, 0.2) is 94.8 Å². The van der Waals surface area contributed by atoms with Crippen molar-refractivity contribution in [2.75, 3.05) is 4.90 Å². The molecule has 1 fully saturated rings. The first kappa shape index (κ1) is 22.9. The number of rotatable bonds is 6. The predicted octanol–water partition coefficient (Wildman–Crippen LogP) is 5.60. The maximum atomic E-state index is 13.2. The number of aliphatic hydroxyl groups is 1. The largest absolute Gasteiger partial charge is 0.507 e. The van der Waals surface area contributed by atoms with Gasteiger partial charge in [0.1, 0.15) is 11.6 Å². The van der Waals surface area contributed by atoms with Crippen LogP contribution in [-0.4, -0.2) is 27.0 Å². The molecule has 1 atom stereocenters. The number of halogens is 1. The summed E-state index contributed by atoms with van der Waals surface area (Å²) >= 11 is 2.58. The third-order valence-electron chi connectivity index (χ3n) is 5.48. The number of carbonyl (C=O) groups is 2. The van der Waals surface area contributed by atoms with Crippen LogP contribution in [0.5, 0.6) is 0 Å². The lowest BCUT2D eigenvalue weighted by molar-refractivity contribution is -0.132. The minimum absolute atomic E-state index is 0.00288. The third-order valence-corrected chi connectivity index (χ3v) is 7.61. The smallest absolute Gasteiger partial charge is 0.301 e. The van der Waals surface area contributed by atoms with Crippen LogP contribution >= 0.6 is 23.1 Å². The highest BCUT2D eigenvalue weighted by atomic mass is 32.2. The first-order valence-electron chi connectivity index (χ1n) is 10.6. The zero-order chi connectivity index (χ0) is 24.4. The molecule has 1 aromatic heterocycles. The Morgan fingerprint density at radius 1 is 0.943 bits per heavy atom. The van der Waals surface area contributed by atoms with Gasteiger partial charge in [-0.3, -0.25) is 14.5 Å². The fourth-order valence-corrected chi connectivity index (χ4v) is 5.64. The molecule has 4 aromatic rings. The van der Waals surface area contributed by atoms with Gasteiger partial charge in [-0.1, -0.05) is 95.9 Å². The zero-order valence-corrected chi connectivity index (χ0v) is 19.8. The molecule has 6 nitrogen and oxygen atoms in total. The summed E-state index contributed by atoms with van der Waals surface area (Å²) in [6, 6.07) is 23.0. The Bertz CT molecular complexity index is 1410. The fourth-order valence-electron chi connectivity index (χ4n) is 3.82. The normalized spacial score (nSPS) is 17.2. The van der Waals surface area contributed by atoms with Crippen molar-refractivity contribution in [1.29, 1.82) is 0 Å². The summed E-state index contributed by atoms with van der Waals surface area (Å²) in [6.45, 7) is 0. The monoisotopic (exact) mass is 503 g/mol. The zero-order valence-electron chi connectivity index (χ0n) is 18.2. The van der Waals surface area contributed by atoms with E-state index in [0.717, 1.165) is 5.56 Å². The number of amides is 1. The van der Waals surface area contributed by atoms with Gasteiger partial charge in [-0.2, -0.15) is 0 Å². The molecule has 174 valence electrons. The second-order valence-electron chi connectivity index (χ2n) is 7.71. The molecule has 1 unspecified atom stereocenters. The summed E-state index contributed by atoms with van der Waals surface area (Å²) in [5.74, 6) is -1.55. The molecule has 9 heteroatoms. The number of hydrogen-bond donors (Lipinski definition) is 1. The Balaban J connectivity index is 1.51. The summed E-state index contributed by atoms with van der Waals surface area (Å²) in [7, 11) is 0. The van der Waals surface area contributed by atoms with Crippen molar-refractivity contribution in [3.05, 3.63) is 113 Å². The Kier molecular flexibility index (Phi) is 6.43. The maximum Gasteiger partial charge on any atom is 0.301 e. The molecule has 1 amide bonds. The predicted molar refractivity (Wildman–Crippen MR) is 134 cm³/mol. The second kappa shape index (κ2) is 9.81. The number of ketones is 1. The topological polar surface area (TPSA) is 83.4 Å². The average molecular weight is 504 g/mol. The number of thioether (sulfide) groups is 1. The van der Waals surface area contributed by atoms with Crippen LogP contribution < -0.4 is 4.90 Å². The van der Waals surface area contributed by atoms with Crippen molar-refractivity contribution < 1.29 is 19.1 Å². The quantitative estimate of drug-likeness (QED) is 0.121. The van der Waals surface area contributed by atoms with Gasteiger partial charge in [0.25, 0.3) is 5.78 Å². The third kappa shape index (κ3) is 4.60. The maximum absolute atomic E-state index is 13.2. The molecule has 0 aliphatic carbocycles.